The highest BCUT2D eigenvalue weighted by Gasteiger charge is 2.48. The van der Waals surface area contributed by atoms with Crippen LogP contribution in [0, 0.1) is 5.82 Å². The number of anilines is 2. The Kier molecular flexibility index (Phi) is 9.93. The summed E-state index contributed by atoms with van der Waals surface area (Å²) in [5, 5.41) is 4.13. The summed E-state index contributed by atoms with van der Waals surface area (Å²) in [6.45, 7) is 8.07. The standard InChI is InChI=1S/C23H34F4N4O3SSi/c1-6-31(22(23(25,26)27)17-7-9-18(24)10-8-17)35(32,33)19-11-12-21(20(15-19)29-2)30(28)16-34-13-14-36(3,4)5/h7-12,15,22,29H,6,13-14,16,28H2,1-5H3/t22-/m1/s1. The van der Waals surface area contributed by atoms with Gasteiger partial charge in [-0.25, -0.2) is 18.7 Å². The molecular formula is C23H34F4N4O3SSi. The van der Waals surface area contributed by atoms with E-state index in [9.17, 15) is 26.0 Å². The first-order chi connectivity index (χ1) is 16.6. The Morgan fingerprint density at radius 3 is 2.22 bits per heavy atom. The van der Waals surface area contributed by atoms with Gasteiger partial charge in [0.25, 0.3) is 0 Å². The summed E-state index contributed by atoms with van der Waals surface area (Å²) in [5.74, 6) is 5.37. The normalized spacial score (nSPS) is 13.6. The molecular weight excluding hydrogens is 516 g/mol. The topological polar surface area (TPSA) is 87.9 Å². The Hall–Kier alpha value is -2.19. The summed E-state index contributed by atoms with van der Waals surface area (Å²) in [5.41, 5.74) is 0.329. The molecule has 0 bridgehead atoms. The Labute approximate surface area is 211 Å². The van der Waals surface area contributed by atoms with Crippen LogP contribution in [0.5, 0.6) is 0 Å². The van der Waals surface area contributed by atoms with Crippen LogP contribution in [0.4, 0.5) is 28.9 Å². The second-order valence-corrected chi connectivity index (χ2v) is 17.0. The predicted octanol–water partition coefficient (Wildman–Crippen LogP) is 5.17. The van der Waals surface area contributed by atoms with Crippen molar-refractivity contribution in [3.8, 4) is 0 Å². The van der Waals surface area contributed by atoms with Crippen molar-refractivity contribution >= 4 is 29.5 Å². The molecule has 0 fully saturated rings. The van der Waals surface area contributed by atoms with E-state index in [-0.39, 0.29) is 17.2 Å². The highest BCUT2D eigenvalue weighted by molar-refractivity contribution is 7.89. The van der Waals surface area contributed by atoms with Gasteiger partial charge in [0.1, 0.15) is 18.6 Å². The molecule has 36 heavy (non-hydrogen) atoms. The highest BCUT2D eigenvalue weighted by atomic mass is 32.2. The van der Waals surface area contributed by atoms with Gasteiger partial charge < -0.3 is 10.1 Å². The minimum Gasteiger partial charge on any atom is -0.386 e. The van der Waals surface area contributed by atoms with Gasteiger partial charge in [-0.1, -0.05) is 38.7 Å². The van der Waals surface area contributed by atoms with Gasteiger partial charge in [0.05, 0.1) is 16.3 Å². The summed E-state index contributed by atoms with van der Waals surface area (Å²) in [6.07, 6.45) is -4.94. The lowest BCUT2D eigenvalue weighted by atomic mass is 10.1. The molecule has 0 aromatic heterocycles. The zero-order valence-corrected chi connectivity index (χ0v) is 22.9. The molecule has 3 N–H and O–H groups in total. The maximum absolute atomic E-state index is 14.1. The van der Waals surface area contributed by atoms with E-state index in [1.54, 1.807) is 7.05 Å². The van der Waals surface area contributed by atoms with Crippen LogP contribution in [0.3, 0.4) is 0 Å². The second kappa shape index (κ2) is 11.9. The number of hydrogen-bond acceptors (Lipinski definition) is 6. The van der Waals surface area contributed by atoms with Crippen molar-refractivity contribution in [2.75, 3.05) is 37.3 Å². The fraction of sp³-hybridized carbons (Fsp3) is 0.478. The summed E-state index contributed by atoms with van der Waals surface area (Å²) < 4.78 is 88.4. The third-order valence-electron chi connectivity index (χ3n) is 5.48. The predicted molar refractivity (Wildman–Crippen MR) is 136 cm³/mol. The molecule has 7 nitrogen and oxygen atoms in total. The molecule has 1 atom stereocenters. The summed E-state index contributed by atoms with van der Waals surface area (Å²) in [4.78, 5) is -0.345. The molecule has 2 rings (SSSR count). The second-order valence-electron chi connectivity index (χ2n) is 9.45. The van der Waals surface area contributed by atoms with Gasteiger partial charge in [-0.3, -0.25) is 5.01 Å². The zero-order valence-electron chi connectivity index (χ0n) is 21.1. The van der Waals surface area contributed by atoms with E-state index in [2.05, 4.69) is 25.0 Å². The molecule has 0 aliphatic rings. The Balaban J connectivity index is 2.38. The average Bonchev–Trinajstić information content (AvgIpc) is 2.78. The van der Waals surface area contributed by atoms with Gasteiger partial charge in [-0.2, -0.15) is 17.5 Å². The van der Waals surface area contributed by atoms with Gasteiger partial charge in [0, 0.05) is 28.3 Å². The van der Waals surface area contributed by atoms with E-state index in [0.717, 1.165) is 30.3 Å². The molecule has 0 saturated carbocycles. The quantitative estimate of drug-likeness (QED) is 0.0947. The van der Waals surface area contributed by atoms with E-state index in [4.69, 9.17) is 10.6 Å². The largest absolute Gasteiger partial charge is 0.409 e. The van der Waals surface area contributed by atoms with Crippen LogP contribution in [0.2, 0.25) is 25.7 Å². The van der Waals surface area contributed by atoms with Gasteiger partial charge in [-0.05, 0) is 41.9 Å². The van der Waals surface area contributed by atoms with Gasteiger partial charge in [0.15, 0.2) is 0 Å². The lowest BCUT2D eigenvalue weighted by molar-refractivity contribution is -0.173. The van der Waals surface area contributed by atoms with Crippen LogP contribution in [0.25, 0.3) is 0 Å². The van der Waals surface area contributed by atoms with E-state index >= 15 is 0 Å². The van der Waals surface area contributed by atoms with Crippen LogP contribution < -0.4 is 16.2 Å². The van der Waals surface area contributed by atoms with Crippen molar-refractivity contribution in [3.63, 3.8) is 0 Å². The van der Waals surface area contributed by atoms with E-state index in [1.165, 1.54) is 30.1 Å². The zero-order chi connectivity index (χ0) is 27.3. The van der Waals surface area contributed by atoms with Gasteiger partial charge >= 0.3 is 6.18 Å². The maximum Gasteiger partial charge on any atom is 0.409 e. The number of nitrogens with zero attached hydrogens (tertiary/aromatic N) is 2. The molecule has 202 valence electrons. The molecule has 0 aliphatic heterocycles. The SMILES string of the molecule is CCN([C@H](c1ccc(F)cc1)C(F)(F)F)S(=O)(=O)c1ccc(N(N)COCC[Si](C)(C)C)c(NC)c1. The summed E-state index contributed by atoms with van der Waals surface area (Å²) >= 11 is 0. The molecule has 2 aromatic carbocycles. The fourth-order valence-corrected chi connectivity index (χ4v) is 5.92. The Bertz CT molecular complexity index is 1110. The maximum atomic E-state index is 14.1. The first-order valence-corrected chi connectivity index (χ1v) is 16.5. The van der Waals surface area contributed by atoms with Crippen molar-refractivity contribution < 1.29 is 30.7 Å². The number of halogens is 4. The van der Waals surface area contributed by atoms with Crippen molar-refractivity contribution in [2.45, 2.75) is 49.7 Å². The van der Waals surface area contributed by atoms with E-state index < -0.39 is 42.7 Å². The number of hydrazine groups is 1. The minimum atomic E-state index is -4.94. The van der Waals surface area contributed by atoms with Crippen molar-refractivity contribution in [3.05, 3.63) is 53.8 Å². The average molecular weight is 551 g/mol. The Morgan fingerprint density at radius 1 is 1.11 bits per heavy atom. The van der Waals surface area contributed by atoms with Crippen molar-refractivity contribution in [2.24, 2.45) is 5.84 Å². The molecule has 0 spiro atoms. The number of hydrogen-bond donors (Lipinski definition) is 2. The molecule has 0 unspecified atom stereocenters. The van der Waals surface area contributed by atoms with E-state index in [0.29, 0.717) is 22.3 Å². The Morgan fingerprint density at radius 2 is 1.72 bits per heavy atom. The first kappa shape index (κ1) is 30.0. The van der Waals surface area contributed by atoms with Crippen LogP contribution in [-0.4, -0.2) is 53.9 Å². The number of sulfonamides is 1. The van der Waals surface area contributed by atoms with Crippen LogP contribution >= 0.6 is 0 Å². The van der Waals surface area contributed by atoms with Crippen LogP contribution in [-0.2, 0) is 14.8 Å². The third-order valence-corrected chi connectivity index (χ3v) is 9.12. The highest BCUT2D eigenvalue weighted by Crippen LogP contribution is 2.41. The molecule has 2 aromatic rings. The number of alkyl halides is 3. The summed E-state index contributed by atoms with van der Waals surface area (Å²) in [7, 11) is -4.35. The number of ether oxygens (including phenoxy) is 1. The number of nitrogens with one attached hydrogen (secondary N) is 1. The number of nitrogens with two attached hydrogens (primary N) is 1. The molecule has 0 aliphatic carbocycles. The van der Waals surface area contributed by atoms with Gasteiger partial charge in [0.2, 0.25) is 10.0 Å². The third kappa shape index (κ3) is 7.65. The van der Waals surface area contributed by atoms with Crippen LogP contribution in [0.1, 0.15) is 18.5 Å². The minimum absolute atomic E-state index is 0.0487. The smallest absolute Gasteiger partial charge is 0.386 e. The number of rotatable bonds is 12. The number of benzene rings is 2. The van der Waals surface area contributed by atoms with E-state index in [1.807, 2.05) is 0 Å². The first-order valence-electron chi connectivity index (χ1n) is 11.4. The fourth-order valence-electron chi connectivity index (χ4n) is 3.53. The van der Waals surface area contributed by atoms with Crippen LogP contribution in [0.15, 0.2) is 47.4 Å². The summed E-state index contributed by atoms with van der Waals surface area (Å²) in [6, 6.07) is 5.89. The lowest BCUT2D eigenvalue weighted by Crippen LogP contribution is -2.42. The monoisotopic (exact) mass is 550 g/mol. The molecule has 13 heteroatoms. The lowest BCUT2D eigenvalue weighted by Gasteiger charge is -2.32. The molecule has 0 amide bonds. The molecule has 0 saturated heterocycles. The van der Waals surface area contributed by atoms with Crippen molar-refractivity contribution in [1.29, 1.82) is 0 Å². The van der Waals surface area contributed by atoms with Crippen molar-refractivity contribution in [1.82, 2.24) is 4.31 Å². The molecule has 0 heterocycles. The molecule has 0 radical (unpaired) electrons. The van der Waals surface area contributed by atoms with Gasteiger partial charge in [-0.15, -0.1) is 0 Å².